The Balaban J connectivity index is 2.48. The van der Waals surface area contributed by atoms with Crippen molar-refractivity contribution in [3.05, 3.63) is 36.5 Å². The van der Waals surface area contributed by atoms with Gasteiger partial charge >= 0.3 is 0 Å². The first kappa shape index (κ1) is 44.4. The van der Waals surface area contributed by atoms with E-state index in [9.17, 15) is 30.3 Å². The number of allylic oxidation sites excluding steroid dienone is 5. The van der Waals surface area contributed by atoms with E-state index >= 15 is 0 Å². The molecule has 0 aromatic carbocycles. The van der Waals surface area contributed by atoms with Crippen molar-refractivity contribution in [3.63, 3.8) is 0 Å². The van der Waals surface area contributed by atoms with Crippen LogP contribution in [0.2, 0.25) is 0 Å². The molecule has 48 heavy (non-hydrogen) atoms. The lowest BCUT2D eigenvalue weighted by Gasteiger charge is -2.40. The van der Waals surface area contributed by atoms with Gasteiger partial charge in [0.05, 0.1) is 25.4 Å². The molecule has 9 nitrogen and oxygen atoms in total. The first-order chi connectivity index (χ1) is 23.3. The average Bonchev–Trinajstić information content (AvgIpc) is 3.08. The summed E-state index contributed by atoms with van der Waals surface area (Å²) in [5, 5.41) is 53.8. The van der Waals surface area contributed by atoms with Crippen LogP contribution in [-0.4, -0.2) is 87.5 Å². The molecule has 1 amide bonds. The zero-order chi connectivity index (χ0) is 35.2. The van der Waals surface area contributed by atoms with Gasteiger partial charge in [0.2, 0.25) is 5.91 Å². The zero-order valence-electron chi connectivity index (χ0n) is 30.2. The number of ether oxygens (including phenoxy) is 2. The van der Waals surface area contributed by atoms with E-state index in [1.807, 2.05) is 6.08 Å². The summed E-state index contributed by atoms with van der Waals surface area (Å²) in [6, 6.07) is -0.821. The predicted octanol–water partition coefficient (Wildman–Crippen LogP) is 6.55. The molecule has 0 spiro atoms. The van der Waals surface area contributed by atoms with Gasteiger partial charge in [-0.2, -0.15) is 0 Å². The van der Waals surface area contributed by atoms with Gasteiger partial charge in [0.1, 0.15) is 24.4 Å². The first-order valence-electron chi connectivity index (χ1n) is 19.2. The van der Waals surface area contributed by atoms with Crippen LogP contribution in [-0.2, 0) is 14.3 Å². The number of hydrogen-bond acceptors (Lipinski definition) is 8. The number of aliphatic hydroxyl groups excluding tert-OH is 5. The third-order valence-electron chi connectivity index (χ3n) is 8.95. The maximum absolute atomic E-state index is 12.8. The standard InChI is InChI=1S/C39H71NO8/c1-3-5-7-9-11-13-14-15-16-17-18-19-20-21-22-24-26-28-33(42)32(40-35(43)29-27-25-23-12-10-8-6-4-2)31-47-39-38(46)37(45)36(44)34(30-41)48-39/h16-17,20-21,26,28,32-34,36-39,41-42,44-46H,3-15,18-19,22-25,27,29-31H2,1-2H3,(H,40,43)/b17-16+,21-20+,28-26+. The molecule has 1 heterocycles. The summed E-state index contributed by atoms with van der Waals surface area (Å²) in [4.78, 5) is 12.8. The Labute approximate surface area is 291 Å². The number of rotatable bonds is 30. The summed E-state index contributed by atoms with van der Waals surface area (Å²) in [6.45, 7) is 3.68. The van der Waals surface area contributed by atoms with E-state index < -0.39 is 49.5 Å². The molecule has 1 saturated heterocycles. The molecule has 1 aliphatic rings. The topological polar surface area (TPSA) is 149 Å². The first-order valence-corrected chi connectivity index (χ1v) is 19.2. The van der Waals surface area contributed by atoms with Gasteiger partial charge in [0.25, 0.3) is 0 Å². The fourth-order valence-corrected chi connectivity index (χ4v) is 5.77. The molecule has 0 aromatic heterocycles. The molecular formula is C39H71NO8. The minimum absolute atomic E-state index is 0.199. The Morgan fingerprint density at radius 1 is 0.688 bits per heavy atom. The SMILES string of the molecule is CCCCCCCCC/C=C/CC/C=C/CC/C=C/C(O)C(COC1OC(CO)C(O)C(O)C1O)NC(=O)CCCCCCCCCC. The molecule has 7 unspecified atom stereocenters. The maximum Gasteiger partial charge on any atom is 0.220 e. The normalized spacial score (nSPS) is 23.0. The quantitative estimate of drug-likeness (QED) is 0.0370. The molecule has 1 aliphatic heterocycles. The summed E-state index contributed by atoms with van der Waals surface area (Å²) in [7, 11) is 0. The Morgan fingerprint density at radius 3 is 1.75 bits per heavy atom. The van der Waals surface area contributed by atoms with Crippen LogP contribution in [0.15, 0.2) is 36.5 Å². The van der Waals surface area contributed by atoms with E-state index in [2.05, 4.69) is 43.5 Å². The number of amides is 1. The van der Waals surface area contributed by atoms with Gasteiger partial charge in [-0.3, -0.25) is 4.79 Å². The molecular weight excluding hydrogens is 610 g/mol. The van der Waals surface area contributed by atoms with E-state index in [-0.39, 0.29) is 12.5 Å². The van der Waals surface area contributed by atoms with Gasteiger partial charge in [0, 0.05) is 6.42 Å². The van der Waals surface area contributed by atoms with Crippen molar-refractivity contribution in [3.8, 4) is 0 Å². The number of hydrogen-bond donors (Lipinski definition) is 6. The van der Waals surface area contributed by atoms with Gasteiger partial charge in [-0.05, 0) is 44.9 Å². The van der Waals surface area contributed by atoms with Gasteiger partial charge in [0.15, 0.2) is 6.29 Å². The molecule has 0 saturated carbocycles. The van der Waals surface area contributed by atoms with Crippen LogP contribution in [0.5, 0.6) is 0 Å². The fourth-order valence-electron chi connectivity index (χ4n) is 5.77. The van der Waals surface area contributed by atoms with Gasteiger partial charge in [-0.15, -0.1) is 0 Å². The molecule has 0 radical (unpaired) electrons. The number of aliphatic hydroxyl groups is 5. The lowest BCUT2D eigenvalue weighted by molar-refractivity contribution is -0.302. The van der Waals surface area contributed by atoms with Crippen molar-refractivity contribution >= 4 is 5.91 Å². The van der Waals surface area contributed by atoms with Crippen LogP contribution in [0.1, 0.15) is 149 Å². The summed E-state index contributed by atoms with van der Waals surface area (Å²) in [5.74, 6) is -0.199. The highest BCUT2D eigenvalue weighted by Gasteiger charge is 2.44. The molecule has 1 rings (SSSR count). The molecule has 7 atom stereocenters. The Kier molecular flexibility index (Phi) is 28.0. The van der Waals surface area contributed by atoms with E-state index in [0.717, 1.165) is 44.9 Å². The number of unbranched alkanes of at least 4 members (excludes halogenated alkanes) is 16. The lowest BCUT2D eigenvalue weighted by Crippen LogP contribution is -2.60. The highest BCUT2D eigenvalue weighted by atomic mass is 16.7. The van der Waals surface area contributed by atoms with Crippen molar-refractivity contribution in [1.82, 2.24) is 5.32 Å². The predicted molar refractivity (Wildman–Crippen MR) is 193 cm³/mol. The van der Waals surface area contributed by atoms with Crippen molar-refractivity contribution < 1.29 is 39.8 Å². The van der Waals surface area contributed by atoms with Crippen LogP contribution < -0.4 is 5.32 Å². The second kappa shape index (κ2) is 30.3. The number of carbonyl (C=O) groups is 1. The lowest BCUT2D eigenvalue weighted by atomic mass is 9.99. The Bertz CT molecular complexity index is 848. The van der Waals surface area contributed by atoms with E-state index in [1.54, 1.807) is 6.08 Å². The van der Waals surface area contributed by atoms with Crippen LogP contribution in [0.3, 0.4) is 0 Å². The van der Waals surface area contributed by atoms with E-state index in [4.69, 9.17) is 9.47 Å². The minimum Gasteiger partial charge on any atom is -0.394 e. The van der Waals surface area contributed by atoms with Gasteiger partial charge in [-0.1, -0.05) is 134 Å². The smallest absolute Gasteiger partial charge is 0.220 e. The fraction of sp³-hybridized carbons (Fsp3) is 0.821. The van der Waals surface area contributed by atoms with Gasteiger partial charge in [-0.25, -0.2) is 0 Å². The van der Waals surface area contributed by atoms with E-state index in [1.165, 1.54) is 83.5 Å². The monoisotopic (exact) mass is 682 g/mol. The van der Waals surface area contributed by atoms with E-state index in [0.29, 0.717) is 6.42 Å². The summed E-state index contributed by atoms with van der Waals surface area (Å²) < 4.78 is 11.1. The summed E-state index contributed by atoms with van der Waals surface area (Å²) >= 11 is 0. The summed E-state index contributed by atoms with van der Waals surface area (Å²) in [6.07, 6.45) is 27.7. The van der Waals surface area contributed by atoms with Crippen LogP contribution >= 0.6 is 0 Å². The van der Waals surface area contributed by atoms with Crippen molar-refractivity contribution in [2.75, 3.05) is 13.2 Å². The summed E-state index contributed by atoms with van der Waals surface area (Å²) in [5.41, 5.74) is 0. The molecule has 0 aliphatic carbocycles. The molecule has 9 heteroatoms. The maximum atomic E-state index is 12.8. The third-order valence-corrected chi connectivity index (χ3v) is 8.95. The number of carbonyl (C=O) groups excluding carboxylic acids is 1. The Morgan fingerprint density at radius 2 is 1.19 bits per heavy atom. The number of nitrogens with one attached hydrogen (secondary N) is 1. The van der Waals surface area contributed by atoms with Gasteiger partial charge < -0.3 is 40.3 Å². The second-order valence-corrected chi connectivity index (χ2v) is 13.4. The zero-order valence-corrected chi connectivity index (χ0v) is 30.2. The van der Waals surface area contributed by atoms with Crippen LogP contribution in [0, 0.1) is 0 Å². The van der Waals surface area contributed by atoms with Crippen LogP contribution in [0.25, 0.3) is 0 Å². The molecule has 1 fully saturated rings. The van der Waals surface area contributed by atoms with Crippen molar-refractivity contribution in [1.29, 1.82) is 0 Å². The molecule has 280 valence electrons. The molecule has 6 N–H and O–H groups in total. The highest BCUT2D eigenvalue weighted by molar-refractivity contribution is 5.76. The highest BCUT2D eigenvalue weighted by Crippen LogP contribution is 2.22. The average molecular weight is 682 g/mol. The molecule has 0 bridgehead atoms. The largest absolute Gasteiger partial charge is 0.394 e. The van der Waals surface area contributed by atoms with Crippen LogP contribution in [0.4, 0.5) is 0 Å². The second-order valence-electron chi connectivity index (χ2n) is 13.4. The molecule has 0 aromatic rings. The minimum atomic E-state index is -1.57. The van der Waals surface area contributed by atoms with Crippen molar-refractivity contribution in [2.45, 2.75) is 192 Å². The Hall–Kier alpha value is -1.59. The van der Waals surface area contributed by atoms with Crippen molar-refractivity contribution in [2.24, 2.45) is 0 Å². The third kappa shape index (κ3) is 21.5.